The first-order chi connectivity index (χ1) is 13.1. The second-order valence-electron chi connectivity index (χ2n) is 5.86. The van der Waals surface area contributed by atoms with Gasteiger partial charge in [-0.2, -0.15) is 9.78 Å². The van der Waals surface area contributed by atoms with Crippen LogP contribution in [0.25, 0.3) is 10.9 Å². The van der Waals surface area contributed by atoms with Gasteiger partial charge in [-0.3, -0.25) is 4.79 Å². The van der Waals surface area contributed by atoms with E-state index >= 15 is 0 Å². The van der Waals surface area contributed by atoms with E-state index in [2.05, 4.69) is 31.9 Å². The first-order valence-corrected chi connectivity index (χ1v) is 9.33. The molecule has 3 aromatic rings. The Hall–Kier alpha value is -2.91. The van der Waals surface area contributed by atoms with Crippen LogP contribution in [0.3, 0.4) is 0 Å². The average molecular weight is 424 g/mol. The van der Waals surface area contributed by atoms with Crippen LogP contribution >= 0.6 is 15.9 Å². The third-order valence-corrected chi connectivity index (χ3v) is 4.37. The average Bonchev–Trinajstić information content (AvgIpc) is 2.68. The molecule has 0 amide bonds. The lowest BCUT2D eigenvalue weighted by Gasteiger charge is -2.08. The summed E-state index contributed by atoms with van der Waals surface area (Å²) in [6.45, 7) is 2.27. The molecule has 3 rings (SSSR count). The molecule has 0 fully saturated rings. The maximum absolute atomic E-state index is 12.9. The van der Waals surface area contributed by atoms with Gasteiger partial charge in [0, 0.05) is 10.9 Å². The van der Waals surface area contributed by atoms with Gasteiger partial charge in [0.25, 0.3) is 5.56 Å². The summed E-state index contributed by atoms with van der Waals surface area (Å²) in [5.74, 6) is 3.75. The highest BCUT2D eigenvalue weighted by Gasteiger charge is 2.10. The molecular formula is C21H18BrN3O2. The fourth-order valence-electron chi connectivity index (χ4n) is 2.60. The molecule has 2 aromatic carbocycles. The summed E-state index contributed by atoms with van der Waals surface area (Å²) in [6.07, 6.45) is 8.35. The monoisotopic (exact) mass is 423 g/mol. The Bertz CT molecular complexity index is 1080. The number of rotatable bonds is 6. The zero-order valence-electron chi connectivity index (χ0n) is 14.9. The highest BCUT2D eigenvalue weighted by atomic mass is 79.9. The molecule has 1 aromatic heterocycles. The predicted molar refractivity (Wildman–Crippen MR) is 111 cm³/mol. The molecule has 0 bridgehead atoms. The number of fused-ring (bicyclic) bond motifs is 1. The standard InChI is InChI=1S/C21H18BrN3O2/c1-3-5-20-24-19-11-8-16(22)13-18(19)21(26)25(20)23-14-15-6-9-17(10-7-15)27-12-4-2/h2,6-11,13-14H,3,5,12H2,1H3. The molecule has 136 valence electrons. The summed E-state index contributed by atoms with van der Waals surface area (Å²) >= 11 is 3.40. The Morgan fingerprint density at radius 2 is 2.07 bits per heavy atom. The van der Waals surface area contributed by atoms with Gasteiger partial charge < -0.3 is 4.74 Å². The summed E-state index contributed by atoms with van der Waals surface area (Å²) < 4.78 is 7.56. The van der Waals surface area contributed by atoms with E-state index in [1.807, 2.05) is 43.3 Å². The van der Waals surface area contributed by atoms with Crippen molar-refractivity contribution < 1.29 is 4.74 Å². The SMILES string of the molecule is C#CCOc1ccc(C=Nn2c(CCC)nc3ccc(Br)cc3c2=O)cc1. The lowest BCUT2D eigenvalue weighted by Crippen LogP contribution is -2.22. The van der Waals surface area contributed by atoms with Gasteiger partial charge in [-0.25, -0.2) is 4.98 Å². The Morgan fingerprint density at radius 1 is 1.30 bits per heavy atom. The first-order valence-electron chi connectivity index (χ1n) is 8.54. The predicted octanol–water partition coefficient (Wildman–Crippen LogP) is 4.01. The van der Waals surface area contributed by atoms with Gasteiger partial charge in [-0.1, -0.05) is 28.8 Å². The van der Waals surface area contributed by atoms with Gasteiger partial charge in [-0.05, 0) is 54.4 Å². The quantitative estimate of drug-likeness (QED) is 0.444. The van der Waals surface area contributed by atoms with Crippen LogP contribution in [0.4, 0.5) is 0 Å². The Kier molecular flexibility index (Phi) is 6.05. The molecule has 0 aliphatic heterocycles. The number of nitrogens with zero attached hydrogens (tertiary/aromatic N) is 3. The second-order valence-corrected chi connectivity index (χ2v) is 6.78. The third kappa shape index (κ3) is 4.44. The molecule has 1 heterocycles. The molecule has 0 saturated heterocycles. The third-order valence-electron chi connectivity index (χ3n) is 3.87. The molecule has 0 N–H and O–H groups in total. The number of ether oxygens (including phenoxy) is 1. The molecular weight excluding hydrogens is 406 g/mol. The number of halogens is 1. The van der Waals surface area contributed by atoms with Crippen LogP contribution in [0.15, 0.2) is 56.8 Å². The number of terminal acetylenes is 1. The van der Waals surface area contributed by atoms with E-state index in [9.17, 15) is 4.79 Å². The smallest absolute Gasteiger partial charge is 0.282 e. The maximum Gasteiger partial charge on any atom is 0.282 e. The second kappa shape index (κ2) is 8.65. The van der Waals surface area contributed by atoms with Crippen molar-refractivity contribution in [1.82, 2.24) is 9.66 Å². The summed E-state index contributed by atoms with van der Waals surface area (Å²) in [7, 11) is 0. The zero-order chi connectivity index (χ0) is 19.2. The van der Waals surface area contributed by atoms with E-state index in [1.165, 1.54) is 4.68 Å². The topological polar surface area (TPSA) is 56.5 Å². The van der Waals surface area contributed by atoms with E-state index in [1.54, 1.807) is 12.3 Å². The maximum atomic E-state index is 12.9. The molecule has 5 nitrogen and oxygen atoms in total. The minimum atomic E-state index is -0.185. The van der Waals surface area contributed by atoms with Crippen molar-refractivity contribution in [2.24, 2.45) is 5.10 Å². The molecule has 0 unspecified atom stereocenters. The molecule has 0 aliphatic carbocycles. The fraction of sp³-hybridized carbons (Fsp3) is 0.190. The number of hydrogen-bond acceptors (Lipinski definition) is 4. The highest BCUT2D eigenvalue weighted by molar-refractivity contribution is 9.10. The molecule has 0 atom stereocenters. The van der Waals surface area contributed by atoms with Gasteiger partial charge in [0.05, 0.1) is 17.1 Å². The number of hydrogen-bond donors (Lipinski definition) is 0. The van der Waals surface area contributed by atoms with E-state index in [0.717, 1.165) is 16.5 Å². The largest absolute Gasteiger partial charge is 0.481 e. The van der Waals surface area contributed by atoms with Crippen molar-refractivity contribution in [3.63, 3.8) is 0 Å². The first kappa shape index (κ1) is 18.9. The minimum absolute atomic E-state index is 0.185. The van der Waals surface area contributed by atoms with Crippen molar-refractivity contribution in [1.29, 1.82) is 0 Å². The van der Waals surface area contributed by atoms with E-state index in [4.69, 9.17) is 11.2 Å². The van der Waals surface area contributed by atoms with Crippen LogP contribution in [0.2, 0.25) is 0 Å². The molecule has 0 aliphatic rings. The summed E-state index contributed by atoms with van der Waals surface area (Å²) in [5.41, 5.74) is 1.33. The Labute approximate surface area is 165 Å². The zero-order valence-corrected chi connectivity index (χ0v) is 16.4. The summed E-state index contributed by atoms with van der Waals surface area (Å²) in [6, 6.07) is 12.8. The van der Waals surface area contributed by atoms with Crippen molar-refractivity contribution >= 4 is 33.0 Å². The summed E-state index contributed by atoms with van der Waals surface area (Å²) in [5, 5.41) is 4.92. The van der Waals surface area contributed by atoms with Crippen molar-refractivity contribution in [3.8, 4) is 18.1 Å². The van der Waals surface area contributed by atoms with Crippen LogP contribution in [-0.2, 0) is 6.42 Å². The normalized spacial score (nSPS) is 11.0. The Balaban J connectivity index is 1.98. The van der Waals surface area contributed by atoms with Crippen molar-refractivity contribution in [3.05, 3.63) is 68.7 Å². The van der Waals surface area contributed by atoms with Crippen molar-refractivity contribution in [2.75, 3.05) is 6.61 Å². The van der Waals surface area contributed by atoms with Crippen LogP contribution in [-0.4, -0.2) is 22.5 Å². The van der Waals surface area contributed by atoms with Gasteiger partial charge in [0.2, 0.25) is 0 Å². The van der Waals surface area contributed by atoms with Gasteiger partial charge >= 0.3 is 0 Å². The molecule has 0 radical (unpaired) electrons. The van der Waals surface area contributed by atoms with Crippen LogP contribution < -0.4 is 10.3 Å². The number of aromatic nitrogens is 2. The molecule has 0 spiro atoms. The van der Waals surface area contributed by atoms with E-state index < -0.39 is 0 Å². The van der Waals surface area contributed by atoms with Crippen LogP contribution in [0.5, 0.6) is 5.75 Å². The van der Waals surface area contributed by atoms with E-state index in [-0.39, 0.29) is 12.2 Å². The van der Waals surface area contributed by atoms with Gasteiger partial charge in [0.15, 0.2) is 0 Å². The number of aryl methyl sites for hydroxylation is 1. The van der Waals surface area contributed by atoms with Gasteiger partial charge in [-0.15, -0.1) is 6.42 Å². The Morgan fingerprint density at radius 3 is 2.78 bits per heavy atom. The number of benzene rings is 2. The van der Waals surface area contributed by atoms with Crippen LogP contribution in [0, 0.1) is 12.3 Å². The molecule has 0 saturated carbocycles. The lowest BCUT2D eigenvalue weighted by atomic mass is 10.2. The summed E-state index contributed by atoms with van der Waals surface area (Å²) in [4.78, 5) is 17.5. The fourth-order valence-corrected chi connectivity index (χ4v) is 2.96. The van der Waals surface area contributed by atoms with Crippen molar-refractivity contribution in [2.45, 2.75) is 19.8 Å². The molecule has 27 heavy (non-hydrogen) atoms. The highest BCUT2D eigenvalue weighted by Crippen LogP contribution is 2.16. The van der Waals surface area contributed by atoms with E-state index in [0.29, 0.717) is 28.9 Å². The van der Waals surface area contributed by atoms with Crippen LogP contribution in [0.1, 0.15) is 24.7 Å². The minimum Gasteiger partial charge on any atom is -0.481 e. The lowest BCUT2D eigenvalue weighted by molar-refractivity contribution is 0.370. The molecule has 6 heteroatoms. The van der Waals surface area contributed by atoms with Gasteiger partial charge in [0.1, 0.15) is 18.2 Å².